The van der Waals surface area contributed by atoms with Crippen molar-refractivity contribution in [2.75, 3.05) is 11.9 Å². The fourth-order valence-electron chi connectivity index (χ4n) is 0.998. The number of aryl methyl sites for hydroxylation is 1. The SMILES string of the molecule is CC(C)CCNc1ccn(C)n1. The zero-order valence-corrected chi connectivity index (χ0v) is 8.04. The molecule has 0 bridgehead atoms. The first-order chi connectivity index (χ1) is 5.68. The van der Waals surface area contributed by atoms with Crippen LogP contribution in [0.1, 0.15) is 20.3 Å². The Morgan fingerprint density at radius 1 is 1.58 bits per heavy atom. The number of anilines is 1. The summed E-state index contributed by atoms with van der Waals surface area (Å²) < 4.78 is 1.80. The number of aromatic nitrogens is 2. The van der Waals surface area contributed by atoms with Gasteiger partial charge in [0.1, 0.15) is 5.82 Å². The summed E-state index contributed by atoms with van der Waals surface area (Å²) in [5, 5.41) is 7.48. The molecule has 1 heterocycles. The van der Waals surface area contributed by atoms with E-state index in [1.165, 1.54) is 6.42 Å². The number of hydrogen-bond donors (Lipinski definition) is 1. The number of nitrogens with zero attached hydrogens (tertiary/aromatic N) is 2. The van der Waals surface area contributed by atoms with Crippen LogP contribution in [0.5, 0.6) is 0 Å². The van der Waals surface area contributed by atoms with Gasteiger partial charge in [0.15, 0.2) is 0 Å². The highest BCUT2D eigenvalue weighted by Gasteiger charge is 1.96. The highest BCUT2D eigenvalue weighted by atomic mass is 15.3. The predicted octanol–water partition coefficient (Wildman–Crippen LogP) is 1.88. The molecule has 0 aliphatic carbocycles. The summed E-state index contributed by atoms with van der Waals surface area (Å²) in [6, 6.07) is 1.99. The molecule has 1 aromatic heterocycles. The molecule has 0 aliphatic heterocycles. The molecule has 0 saturated heterocycles. The van der Waals surface area contributed by atoms with Crippen molar-refractivity contribution in [3.05, 3.63) is 12.3 Å². The summed E-state index contributed by atoms with van der Waals surface area (Å²) in [5.41, 5.74) is 0. The molecule has 0 radical (unpaired) electrons. The average Bonchev–Trinajstić information content (AvgIpc) is 2.35. The van der Waals surface area contributed by atoms with Crippen LogP contribution in [-0.4, -0.2) is 16.3 Å². The van der Waals surface area contributed by atoms with E-state index >= 15 is 0 Å². The van der Waals surface area contributed by atoms with Gasteiger partial charge in [0.2, 0.25) is 0 Å². The van der Waals surface area contributed by atoms with E-state index in [9.17, 15) is 0 Å². The Morgan fingerprint density at radius 3 is 2.83 bits per heavy atom. The van der Waals surface area contributed by atoms with Gasteiger partial charge in [-0.25, -0.2) is 0 Å². The van der Waals surface area contributed by atoms with E-state index in [0.717, 1.165) is 18.3 Å². The van der Waals surface area contributed by atoms with Crippen molar-refractivity contribution >= 4 is 5.82 Å². The minimum absolute atomic E-state index is 0.751. The number of nitrogens with one attached hydrogen (secondary N) is 1. The Hall–Kier alpha value is -0.990. The van der Waals surface area contributed by atoms with Crippen molar-refractivity contribution in [3.63, 3.8) is 0 Å². The second-order valence-electron chi connectivity index (χ2n) is 3.48. The molecule has 12 heavy (non-hydrogen) atoms. The van der Waals surface area contributed by atoms with Gasteiger partial charge in [-0.1, -0.05) is 13.8 Å². The van der Waals surface area contributed by atoms with Crippen LogP contribution < -0.4 is 5.32 Å². The van der Waals surface area contributed by atoms with Gasteiger partial charge in [-0.15, -0.1) is 0 Å². The summed E-state index contributed by atoms with van der Waals surface area (Å²) in [6.45, 7) is 5.45. The van der Waals surface area contributed by atoms with E-state index in [2.05, 4.69) is 24.3 Å². The van der Waals surface area contributed by atoms with Gasteiger partial charge in [-0.05, 0) is 12.3 Å². The topological polar surface area (TPSA) is 29.9 Å². The lowest BCUT2D eigenvalue weighted by Gasteiger charge is -2.04. The van der Waals surface area contributed by atoms with Crippen LogP contribution in [0.25, 0.3) is 0 Å². The molecule has 0 aromatic carbocycles. The molecule has 1 aromatic rings. The summed E-state index contributed by atoms with van der Waals surface area (Å²) in [6.07, 6.45) is 3.13. The summed E-state index contributed by atoms with van der Waals surface area (Å²) in [5.74, 6) is 1.72. The van der Waals surface area contributed by atoms with Gasteiger partial charge in [0, 0.05) is 25.9 Å². The molecular formula is C9H17N3. The molecule has 0 unspecified atom stereocenters. The molecule has 1 N–H and O–H groups in total. The summed E-state index contributed by atoms with van der Waals surface area (Å²) >= 11 is 0. The van der Waals surface area contributed by atoms with Crippen LogP contribution in [0.2, 0.25) is 0 Å². The van der Waals surface area contributed by atoms with Gasteiger partial charge < -0.3 is 5.32 Å². The van der Waals surface area contributed by atoms with E-state index in [1.54, 1.807) is 4.68 Å². The van der Waals surface area contributed by atoms with E-state index in [4.69, 9.17) is 0 Å². The predicted molar refractivity (Wildman–Crippen MR) is 51.2 cm³/mol. The first kappa shape index (κ1) is 9.10. The summed E-state index contributed by atoms with van der Waals surface area (Å²) in [4.78, 5) is 0. The van der Waals surface area contributed by atoms with Crippen molar-refractivity contribution in [2.45, 2.75) is 20.3 Å². The second kappa shape index (κ2) is 4.14. The Balaban J connectivity index is 2.24. The Labute approximate surface area is 73.8 Å². The van der Waals surface area contributed by atoms with Crippen LogP contribution in [0.3, 0.4) is 0 Å². The molecule has 3 nitrogen and oxygen atoms in total. The van der Waals surface area contributed by atoms with Crippen LogP contribution in [0.4, 0.5) is 5.82 Å². The molecule has 1 rings (SSSR count). The average molecular weight is 167 g/mol. The largest absolute Gasteiger partial charge is 0.369 e. The molecule has 0 aliphatic rings. The molecule has 68 valence electrons. The molecule has 0 fully saturated rings. The third-order valence-corrected chi connectivity index (χ3v) is 1.74. The van der Waals surface area contributed by atoms with Crippen molar-refractivity contribution in [1.29, 1.82) is 0 Å². The maximum absolute atomic E-state index is 4.21. The lowest BCUT2D eigenvalue weighted by atomic mass is 10.1. The number of rotatable bonds is 4. The van der Waals surface area contributed by atoms with E-state index < -0.39 is 0 Å². The van der Waals surface area contributed by atoms with E-state index in [0.29, 0.717) is 0 Å². The maximum Gasteiger partial charge on any atom is 0.147 e. The van der Waals surface area contributed by atoms with E-state index in [-0.39, 0.29) is 0 Å². The Kier molecular flexibility index (Phi) is 3.14. The van der Waals surface area contributed by atoms with Gasteiger partial charge >= 0.3 is 0 Å². The quantitative estimate of drug-likeness (QED) is 0.742. The van der Waals surface area contributed by atoms with Crippen molar-refractivity contribution in [3.8, 4) is 0 Å². The third-order valence-electron chi connectivity index (χ3n) is 1.74. The molecule has 0 saturated carbocycles. The summed E-state index contributed by atoms with van der Waals surface area (Å²) in [7, 11) is 1.92. The highest BCUT2D eigenvalue weighted by molar-refractivity contribution is 5.31. The first-order valence-electron chi connectivity index (χ1n) is 4.42. The van der Waals surface area contributed by atoms with Crippen LogP contribution in [0, 0.1) is 5.92 Å². The Bertz CT molecular complexity index is 227. The molecule has 3 heteroatoms. The van der Waals surface area contributed by atoms with Gasteiger partial charge in [0.05, 0.1) is 0 Å². The van der Waals surface area contributed by atoms with E-state index in [1.807, 2.05) is 19.3 Å². The zero-order valence-electron chi connectivity index (χ0n) is 8.04. The standard InChI is InChI=1S/C9H17N3/c1-8(2)4-6-10-9-5-7-12(3)11-9/h5,7-8H,4,6H2,1-3H3,(H,10,11). The monoisotopic (exact) mass is 167 g/mol. The molecular weight excluding hydrogens is 150 g/mol. The van der Waals surface area contributed by atoms with Crippen LogP contribution >= 0.6 is 0 Å². The van der Waals surface area contributed by atoms with Crippen molar-refractivity contribution in [1.82, 2.24) is 9.78 Å². The first-order valence-corrected chi connectivity index (χ1v) is 4.42. The third kappa shape index (κ3) is 2.95. The lowest BCUT2D eigenvalue weighted by Crippen LogP contribution is -2.05. The van der Waals surface area contributed by atoms with Gasteiger partial charge in [-0.3, -0.25) is 4.68 Å². The molecule has 0 spiro atoms. The Morgan fingerprint density at radius 2 is 2.33 bits per heavy atom. The highest BCUT2D eigenvalue weighted by Crippen LogP contribution is 2.03. The van der Waals surface area contributed by atoms with Crippen LogP contribution in [-0.2, 0) is 7.05 Å². The molecule has 0 amide bonds. The van der Waals surface area contributed by atoms with Gasteiger partial charge in [0.25, 0.3) is 0 Å². The minimum Gasteiger partial charge on any atom is -0.369 e. The fourth-order valence-corrected chi connectivity index (χ4v) is 0.998. The fraction of sp³-hybridized carbons (Fsp3) is 0.667. The van der Waals surface area contributed by atoms with Crippen molar-refractivity contribution in [2.24, 2.45) is 13.0 Å². The lowest BCUT2D eigenvalue weighted by molar-refractivity contribution is 0.606. The second-order valence-corrected chi connectivity index (χ2v) is 3.48. The zero-order chi connectivity index (χ0) is 8.97. The maximum atomic E-state index is 4.21. The van der Waals surface area contributed by atoms with Gasteiger partial charge in [-0.2, -0.15) is 5.10 Å². The smallest absolute Gasteiger partial charge is 0.147 e. The van der Waals surface area contributed by atoms with Crippen molar-refractivity contribution < 1.29 is 0 Å². The normalized spacial score (nSPS) is 10.7. The minimum atomic E-state index is 0.751. The van der Waals surface area contributed by atoms with Crippen LogP contribution in [0.15, 0.2) is 12.3 Å². The number of hydrogen-bond acceptors (Lipinski definition) is 2. The molecule has 0 atom stereocenters.